The molecular formula is C8H17N. The molecule has 0 aromatic heterocycles. The molecule has 0 bridgehead atoms. The maximum atomic E-state index is 4.18. The fourth-order valence-electron chi connectivity index (χ4n) is 0.926. The second-order valence-corrected chi connectivity index (χ2v) is 2.29. The van der Waals surface area contributed by atoms with Gasteiger partial charge >= 0.3 is 0 Å². The Bertz CT molecular complexity index is 76.6. The van der Waals surface area contributed by atoms with E-state index < -0.39 is 0 Å². The molecular weight excluding hydrogens is 110 g/mol. The van der Waals surface area contributed by atoms with Crippen molar-refractivity contribution in [1.29, 1.82) is 0 Å². The molecule has 0 atom stereocenters. The maximum absolute atomic E-state index is 4.18. The number of aliphatic imine (C=N–C) groups is 1. The fraction of sp³-hybridized carbons (Fsp3) is 0.875. The van der Waals surface area contributed by atoms with Crippen LogP contribution in [0.4, 0.5) is 0 Å². The number of nitrogens with zero attached hydrogens (tertiary/aromatic N) is 1. The Kier molecular flexibility index (Phi) is 5.59. The van der Waals surface area contributed by atoms with Crippen molar-refractivity contribution < 1.29 is 0 Å². The molecule has 0 aliphatic heterocycles. The van der Waals surface area contributed by atoms with Gasteiger partial charge in [0, 0.05) is 12.8 Å². The number of hydrogen-bond donors (Lipinski definition) is 0. The highest BCUT2D eigenvalue weighted by Crippen LogP contribution is 1.98. The van der Waals surface area contributed by atoms with Gasteiger partial charge in [-0.2, -0.15) is 0 Å². The topological polar surface area (TPSA) is 12.4 Å². The van der Waals surface area contributed by atoms with Gasteiger partial charge in [0.05, 0.1) is 0 Å². The van der Waals surface area contributed by atoms with E-state index >= 15 is 0 Å². The first-order valence-corrected chi connectivity index (χ1v) is 3.79. The summed E-state index contributed by atoms with van der Waals surface area (Å²) >= 11 is 0. The zero-order chi connectivity index (χ0) is 7.11. The van der Waals surface area contributed by atoms with Crippen LogP contribution < -0.4 is 0 Å². The molecule has 0 aliphatic carbocycles. The largest absolute Gasteiger partial charge is 0.297 e. The minimum atomic E-state index is 1.18. The third-order valence-electron chi connectivity index (χ3n) is 1.39. The van der Waals surface area contributed by atoms with Gasteiger partial charge in [0.2, 0.25) is 0 Å². The zero-order valence-corrected chi connectivity index (χ0v) is 6.78. The first kappa shape index (κ1) is 8.67. The molecule has 0 rings (SSSR count). The molecule has 0 heterocycles. The summed E-state index contributed by atoms with van der Waals surface area (Å²) in [4.78, 5) is 4.18. The summed E-state index contributed by atoms with van der Waals surface area (Å²) in [5.74, 6) is 0. The number of hydrogen-bond acceptors (Lipinski definition) is 1. The van der Waals surface area contributed by atoms with Crippen molar-refractivity contribution in [2.75, 3.05) is 7.05 Å². The summed E-state index contributed by atoms with van der Waals surface area (Å²) in [7, 11) is 1.89. The Hall–Kier alpha value is -0.330. The van der Waals surface area contributed by atoms with E-state index in [1.54, 1.807) is 0 Å². The van der Waals surface area contributed by atoms with Gasteiger partial charge in [0.25, 0.3) is 0 Å². The van der Waals surface area contributed by atoms with Crippen LogP contribution in [-0.4, -0.2) is 12.8 Å². The highest BCUT2D eigenvalue weighted by Gasteiger charge is 1.92. The van der Waals surface area contributed by atoms with Gasteiger partial charge in [-0.15, -0.1) is 0 Å². The lowest BCUT2D eigenvalue weighted by molar-refractivity contribution is 0.911. The van der Waals surface area contributed by atoms with Crippen LogP contribution in [0.1, 0.15) is 39.5 Å². The average molecular weight is 127 g/mol. The number of rotatable bonds is 4. The predicted molar refractivity (Wildman–Crippen MR) is 43.2 cm³/mol. The summed E-state index contributed by atoms with van der Waals surface area (Å²) in [5.41, 5.74) is 1.38. The molecule has 0 amide bonds. The minimum Gasteiger partial charge on any atom is -0.297 e. The first-order chi connectivity index (χ1) is 4.35. The summed E-state index contributed by atoms with van der Waals surface area (Å²) in [5, 5.41) is 0. The molecule has 0 saturated carbocycles. The summed E-state index contributed by atoms with van der Waals surface area (Å²) < 4.78 is 0. The molecule has 0 aliphatic rings. The van der Waals surface area contributed by atoms with Crippen molar-refractivity contribution in [2.24, 2.45) is 4.99 Å². The summed E-state index contributed by atoms with van der Waals surface area (Å²) in [6.45, 7) is 4.39. The quantitative estimate of drug-likeness (QED) is 0.515. The van der Waals surface area contributed by atoms with Gasteiger partial charge in [-0.05, 0) is 12.8 Å². The van der Waals surface area contributed by atoms with E-state index in [9.17, 15) is 0 Å². The minimum absolute atomic E-state index is 1.18. The lowest BCUT2D eigenvalue weighted by Crippen LogP contribution is -1.95. The molecule has 9 heavy (non-hydrogen) atoms. The highest BCUT2D eigenvalue weighted by molar-refractivity contribution is 5.84. The Morgan fingerprint density at radius 3 is 1.78 bits per heavy atom. The second-order valence-electron chi connectivity index (χ2n) is 2.29. The van der Waals surface area contributed by atoms with Crippen molar-refractivity contribution in [3.63, 3.8) is 0 Å². The van der Waals surface area contributed by atoms with Crippen molar-refractivity contribution in [3.05, 3.63) is 0 Å². The van der Waals surface area contributed by atoms with E-state index in [0.29, 0.717) is 0 Å². The Morgan fingerprint density at radius 1 is 1.11 bits per heavy atom. The van der Waals surface area contributed by atoms with Crippen molar-refractivity contribution in [1.82, 2.24) is 0 Å². The van der Waals surface area contributed by atoms with Gasteiger partial charge < -0.3 is 0 Å². The van der Waals surface area contributed by atoms with Crippen LogP contribution in [0.15, 0.2) is 4.99 Å². The van der Waals surface area contributed by atoms with E-state index in [4.69, 9.17) is 0 Å². The smallest absolute Gasteiger partial charge is 0.0276 e. The van der Waals surface area contributed by atoms with Crippen LogP contribution in [0.25, 0.3) is 0 Å². The van der Waals surface area contributed by atoms with Crippen molar-refractivity contribution in [2.45, 2.75) is 39.5 Å². The monoisotopic (exact) mass is 127 g/mol. The zero-order valence-electron chi connectivity index (χ0n) is 6.78. The van der Waals surface area contributed by atoms with Crippen LogP contribution >= 0.6 is 0 Å². The van der Waals surface area contributed by atoms with E-state index in [0.717, 1.165) is 0 Å². The van der Waals surface area contributed by atoms with E-state index in [-0.39, 0.29) is 0 Å². The molecule has 1 nitrogen and oxygen atoms in total. The Labute approximate surface area is 58.2 Å². The molecule has 1 heteroatoms. The molecule has 54 valence electrons. The molecule has 0 spiro atoms. The van der Waals surface area contributed by atoms with Crippen LogP contribution in [0.5, 0.6) is 0 Å². The second kappa shape index (κ2) is 5.80. The van der Waals surface area contributed by atoms with E-state index in [1.807, 2.05) is 7.05 Å². The average Bonchev–Trinajstić information content (AvgIpc) is 1.88. The maximum Gasteiger partial charge on any atom is 0.0276 e. The van der Waals surface area contributed by atoms with Crippen LogP contribution in [0.2, 0.25) is 0 Å². The first-order valence-electron chi connectivity index (χ1n) is 3.79. The molecule has 0 N–H and O–H groups in total. The van der Waals surface area contributed by atoms with Crippen LogP contribution in [0.3, 0.4) is 0 Å². The van der Waals surface area contributed by atoms with Crippen LogP contribution in [0, 0.1) is 0 Å². The van der Waals surface area contributed by atoms with Crippen molar-refractivity contribution >= 4 is 5.71 Å². The predicted octanol–water partition coefficient (Wildman–Crippen LogP) is 2.66. The van der Waals surface area contributed by atoms with E-state index in [1.165, 1.54) is 31.4 Å². The molecule has 0 radical (unpaired) electrons. The van der Waals surface area contributed by atoms with E-state index in [2.05, 4.69) is 18.8 Å². The fourth-order valence-corrected chi connectivity index (χ4v) is 0.926. The molecule has 0 saturated heterocycles. The van der Waals surface area contributed by atoms with Gasteiger partial charge in [-0.1, -0.05) is 26.7 Å². The molecule has 0 aromatic rings. The summed E-state index contributed by atoms with van der Waals surface area (Å²) in [6, 6.07) is 0. The molecule has 0 unspecified atom stereocenters. The Morgan fingerprint density at radius 2 is 1.56 bits per heavy atom. The van der Waals surface area contributed by atoms with Gasteiger partial charge in [-0.3, -0.25) is 4.99 Å². The summed E-state index contributed by atoms with van der Waals surface area (Å²) in [6.07, 6.45) is 4.83. The lowest BCUT2D eigenvalue weighted by Gasteiger charge is -1.99. The highest BCUT2D eigenvalue weighted by atomic mass is 14.7. The van der Waals surface area contributed by atoms with Crippen LogP contribution in [-0.2, 0) is 0 Å². The molecule has 0 aromatic carbocycles. The SMILES string of the molecule is CCCC(CCC)=NC. The van der Waals surface area contributed by atoms with Crippen molar-refractivity contribution in [3.8, 4) is 0 Å². The molecule has 0 fully saturated rings. The standard InChI is InChI=1S/C8H17N/c1-4-6-8(9-3)7-5-2/h4-7H2,1-3H3. The van der Waals surface area contributed by atoms with Gasteiger partial charge in [0.1, 0.15) is 0 Å². The third-order valence-corrected chi connectivity index (χ3v) is 1.39. The third kappa shape index (κ3) is 4.19. The Balaban J connectivity index is 3.43. The van der Waals surface area contributed by atoms with Gasteiger partial charge in [0.15, 0.2) is 0 Å². The normalized spacial score (nSPS) is 9.22. The van der Waals surface area contributed by atoms with Gasteiger partial charge in [-0.25, -0.2) is 0 Å². The lowest BCUT2D eigenvalue weighted by atomic mass is 10.1.